The van der Waals surface area contributed by atoms with E-state index in [4.69, 9.17) is 4.74 Å². The second-order valence-corrected chi connectivity index (χ2v) is 14.9. The lowest BCUT2D eigenvalue weighted by Gasteiger charge is -2.47. The van der Waals surface area contributed by atoms with Crippen LogP contribution in [0.1, 0.15) is 17.8 Å². The second-order valence-electron chi connectivity index (χ2n) is 9.63. The van der Waals surface area contributed by atoms with Crippen LogP contribution in [0.3, 0.4) is 0 Å². The fourth-order valence-electron chi connectivity index (χ4n) is 5.61. The van der Waals surface area contributed by atoms with E-state index >= 15 is 0 Å². The molecule has 2 aliphatic heterocycles. The Bertz CT molecular complexity index is 1880. The number of aryl methyl sites for hydroxylation is 1. The third-order valence-electron chi connectivity index (χ3n) is 7.40. The Balaban J connectivity index is 1.55. The molecule has 3 heterocycles. The van der Waals surface area contributed by atoms with Crippen molar-refractivity contribution in [1.29, 1.82) is 0 Å². The Morgan fingerprint density at radius 3 is 2.59 bits per heavy atom. The Morgan fingerprint density at radius 2 is 1.90 bits per heavy atom. The number of aromatic nitrogens is 1. The largest absolute Gasteiger partial charge is 0.497 e. The van der Waals surface area contributed by atoms with Gasteiger partial charge < -0.3 is 4.74 Å². The second kappa shape index (κ2) is 9.54. The van der Waals surface area contributed by atoms with Crippen molar-refractivity contribution in [1.82, 2.24) is 4.48 Å². The number of hydrogen-bond acceptors (Lipinski definition) is 7. The van der Waals surface area contributed by atoms with Crippen molar-refractivity contribution in [2.75, 3.05) is 19.4 Å². The van der Waals surface area contributed by atoms with Crippen LogP contribution >= 0.6 is 23.1 Å². The van der Waals surface area contributed by atoms with Crippen LogP contribution in [0.4, 0.5) is 5.69 Å². The monoisotopic (exact) mass is 606 g/mol. The highest BCUT2D eigenvalue weighted by molar-refractivity contribution is 8.03. The van der Waals surface area contributed by atoms with Crippen LogP contribution in [0, 0.1) is 0 Å². The number of fused-ring (bicyclic) bond motifs is 5. The summed E-state index contributed by atoms with van der Waals surface area (Å²) in [7, 11) is -6.92. The number of rotatable bonds is 7. The minimum Gasteiger partial charge on any atom is -0.497 e. The van der Waals surface area contributed by atoms with E-state index in [2.05, 4.69) is 0 Å². The standard InChI is InChI=1S/C26H24N2O7S4/c1-35-18-8-10-21-20(15-18)27(12-4-14-38(29,30)31)23(36-21)16-24-28(13-11-25(28)39(32,33)34)26-19-6-3-2-5-17(19)7-9-22(26)37-24/h2-3,5-10,15-16,25H,4,11-14H2,1H3/p+2. The molecule has 0 amide bonds. The van der Waals surface area contributed by atoms with E-state index in [1.807, 2.05) is 65.2 Å². The van der Waals surface area contributed by atoms with Gasteiger partial charge in [-0.3, -0.25) is 9.11 Å². The molecule has 1 saturated heterocycles. The summed E-state index contributed by atoms with van der Waals surface area (Å²) in [5.74, 6) is 0.267. The molecule has 13 heteroatoms. The number of thiazole rings is 1. The van der Waals surface area contributed by atoms with E-state index in [1.165, 1.54) is 23.1 Å². The number of ether oxygens (including phenoxy) is 1. The lowest BCUT2D eigenvalue weighted by atomic mass is 10.0. The molecule has 204 valence electrons. The highest BCUT2D eigenvalue weighted by Gasteiger charge is 2.62. The SMILES string of the molecule is COc1ccc2sc(C=C3Sc4ccc5ccccc5c4[N+]34CCC4S(=O)(=O)O)[n+](CCCS(=O)(=O)O)c2c1. The van der Waals surface area contributed by atoms with Gasteiger partial charge in [-0.15, -0.1) is 0 Å². The maximum Gasteiger partial charge on any atom is 0.320 e. The molecule has 1 aromatic heterocycles. The van der Waals surface area contributed by atoms with Gasteiger partial charge in [-0.1, -0.05) is 35.6 Å². The van der Waals surface area contributed by atoms with Crippen molar-refractivity contribution in [3.63, 3.8) is 0 Å². The molecule has 1 fully saturated rings. The highest BCUT2D eigenvalue weighted by Crippen LogP contribution is 2.60. The van der Waals surface area contributed by atoms with E-state index in [0.29, 0.717) is 25.3 Å². The third kappa shape index (κ3) is 4.55. The van der Waals surface area contributed by atoms with Gasteiger partial charge in [0.05, 0.1) is 42.9 Å². The molecule has 39 heavy (non-hydrogen) atoms. The van der Waals surface area contributed by atoms with E-state index in [9.17, 15) is 25.9 Å². The lowest BCUT2D eigenvalue weighted by Crippen LogP contribution is -2.66. The fourth-order valence-corrected chi connectivity index (χ4v) is 9.91. The van der Waals surface area contributed by atoms with Crippen LogP contribution in [-0.4, -0.2) is 50.7 Å². The first kappa shape index (κ1) is 26.7. The Hall–Kier alpha value is -2.52. The molecule has 6 rings (SSSR count). The smallest absolute Gasteiger partial charge is 0.320 e. The zero-order chi connectivity index (χ0) is 27.6. The quantitative estimate of drug-likeness (QED) is 0.177. The molecule has 2 N–H and O–H groups in total. The number of methoxy groups -OCH3 is 1. The fraction of sp³-hybridized carbons (Fsp3) is 0.269. The maximum absolute atomic E-state index is 12.6. The van der Waals surface area contributed by atoms with Crippen molar-refractivity contribution < 1.29 is 35.2 Å². The summed E-state index contributed by atoms with van der Waals surface area (Å²) in [6.07, 6.45) is 2.48. The van der Waals surface area contributed by atoms with Gasteiger partial charge in [0.15, 0.2) is 17.3 Å². The number of hydrogen-bond donors (Lipinski definition) is 2. The number of quaternary nitrogens is 1. The van der Waals surface area contributed by atoms with Gasteiger partial charge in [0, 0.05) is 11.8 Å². The molecule has 2 aliphatic rings. The Kier molecular flexibility index (Phi) is 6.53. The number of thioether (sulfide) groups is 1. The van der Waals surface area contributed by atoms with Crippen molar-refractivity contribution in [3.8, 4) is 5.75 Å². The van der Waals surface area contributed by atoms with Gasteiger partial charge >= 0.3 is 10.1 Å². The summed E-state index contributed by atoms with van der Waals surface area (Å²) in [6.45, 7) is 0.833. The van der Waals surface area contributed by atoms with Crippen molar-refractivity contribution in [3.05, 3.63) is 64.6 Å². The van der Waals surface area contributed by atoms with Crippen molar-refractivity contribution in [2.45, 2.75) is 29.7 Å². The van der Waals surface area contributed by atoms with Crippen molar-refractivity contribution >= 4 is 76.1 Å². The highest BCUT2D eigenvalue weighted by atomic mass is 32.2. The molecule has 0 bridgehead atoms. The Morgan fingerprint density at radius 1 is 1.10 bits per heavy atom. The first-order valence-electron chi connectivity index (χ1n) is 12.2. The summed E-state index contributed by atoms with van der Waals surface area (Å²) in [5.41, 5.74) is 1.72. The van der Waals surface area contributed by atoms with Gasteiger partial charge in [-0.05, 0) is 41.4 Å². The maximum atomic E-state index is 12.6. The first-order chi connectivity index (χ1) is 18.5. The summed E-state index contributed by atoms with van der Waals surface area (Å²) in [5, 5.41) is 2.49. The zero-order valence-corrected chi connectivity index (χ0v) is 24.1. The van der Waals surface area contributed by atoms with Gasteiger partial charge in [0.2, 0.25) is 10.9 Å². The van der Waals surface area contributed by atoms with E-state index in [1.54, 1.807) is 7.11 Å². The molecule has 3 aromatic carbocycles. The van der Waals surface area contributed by atoms with Gasteiger partial charge in [-0.2, -0.15) is 21.4 Å². The van der Waals surface area contributed by atoms with Crippen LogP contribution in [-0.2, 0) is 26.8 Å². The van der Waals surface area contributed by atoms with Gasteiger partial charge in [0.25, 0.3) is 15.1 Å². The first-order valence-corrected chi connectivity index (χ1v) is 17.0. The molecule has 4 aromatic rings. The van der Waals surface area contributed by atoms with Crippen LogP contribution < -0.4 is 13.8 Å². The molecular formula is C26H26N2O7S4+2. The molecule has 0 radical (unpaired) electrons. The molecule has 9 nitrogen and oxygen atoms in total. The molecule has 0 aliphatic carbocycles. The average molecular weight is 607 g/mol. The van der Waals surface area contributed by atoms with Crippen LogP contribution in [0.15, 0.2) is 64.5 Å². The molecule has 0 saturated carbocycles. The third-order valence-corrected chi connectivity index (χ3v) is 11.8. The van der Waals surface area contributed by atoms with E-state index < -0.39 is 25.6 Å². The topological polar surface area (TPSA) is 122 Å². The number of nitrogens with zero attached hydrogens (tertiary/aromatic N) is 2. The predicted octanol–water partition coefficient (Wildman–Crippen LogP) is 4.66. The predicted molar refractivity (Wildman–Crippen MR) is 154 cm³/mol. The number of benzene rings is 3. The summed E-state index contributed by atoms with van der Waals surface area (Å²) in [4.78, 5) is 0.939. The van der Waals surface area contributed by atoms with Crippen LogP contribution in [0.5, 0.6) is 5.75 Å². The van der Waals surface area contributed by atoms with Crippen molar-refractivity contribution in [2.24, 2.45) is 0 Å². The zero-order valence-electron chi connectivity index (χ0n) is 20.8. The minimum atomic E-state index is -4.37. The summed E-state index contributed by atoms with van der Waals surface area (Å²) in [6, 6.07) is 17.5. The van der Waals surface area contributed by atoms with Crippen LogP contribution in [0.2, 0.25) is 0 Å². The normalized spacial score (nSPS) is 22.0. The molecule has 1 spiro atoms. The van der Waals surface area contributed by atoms with E-state index in [-0.39, 0.29) is 16.7 Å². The van der Waals surface area contributed by atoms with E-state index in [0.717, 1.165) is 41.6 Å². The van der Waals surface area contributed by atoms with Gasteiger partial charge in [0.1, 0.15) is 10.4 Å². The van der Waals surface area contributed by atoms with Gasteiger partial charge in [-0.25, -0.2) is 4.48 Å². The molecular weight excluding hydrogens is 581 g/mol. The average Bonchev–Trinajstić information content (AvgIpc) is 3.37. The molecule has 2 unspecified atom stereocenters. The Labute approximate surface area is 234 Å². The molecule has 2 atom stereocenters. The van der Waals surface area contributed by atoms with Crippen LogP contribution in [0.25, 0.3) is 27.1 Å². The summed E-state index contributed by atoms with van der Waals surface area (Å²) < 4.78 is 76.0. The minimum absolute atomic E-state index is 0.0166. The lowest BCUT2D eigenvalue weighted by molar-refractivity contribution is -0.668. The summed E-state index contributed by atoms with van der Waals surface area (Å²) >= 11 is 2.99.